The van der Waals surface area contributed by atoms with Crippen molar-refractivity contribution in [2.75, 3.05) is 10.2 Å². The molecule has 1 unspecified atom stereocenters. The van der Waals surface area contributed by atoms with Gasteiger partial charge in [0, 0.05) is 22.0 Å². The molecule has 4 atom stereocenters. The number of anilines is 2. The number of rotatable bonds is 6. The highest BCUT2D eigenvalue weighted by atomic mass is 35.5. The van der Waals surface area contributed by atoms with E-state index >= 15 is 4.79 Å². The SMILES string of the molecule is O=C(c1ccc(Cl)cc1)[C@@H]1[C@H](C(=O)OC(c2ccccc2)c2ccccc2)N2c3ccccc3C=CC2[C@@]12C(=O)Nc1ccccc12. The molecular formula is C40H29ClN2O4. The normalized spacial score (nSPS) is 22.0. The summed E-state index contributed by atoms with van der Waals surface area (Å²) >= 11 is 6.23. The fraction of sp³-hybridized carbons (Fsp3) is 0.125. The zero-order valence-electron chi connectivity index (χ0n) is 25.1. The number of hydrogen-bond donors (Lipinski definition) is 1. The number of halogens is 1. The van der Waals surface area contributed by atoms with Gasteiger partial charge in [-0.1, -0.05) is 121 Å². The van der Waals surface area contributed by atoms with Crippen LogP contribution in [0.3, 0.4) is 0 Å². The first-order chi connectivity index (χ1) is 23.0. The van der Waals surface area contributed by atoms with Crippen LogP contribution in [0.2, 0.25) is 5.02 Å². The summed E-state index contributed by atoms with van der Waals surface area (Å²) in [5.74, 6) is -2.42. The number of nitrogens with zero attached hydrogens (tertiary/aromatic N) is 1. The van der Waals surface area contributed by atoms with Gasteiger partial charge in [0.05, 0.1) is 12.0 Å². The van der Waals surface area contributed by atoms with Crippen LogP contribution < -0.4 is 10.2 Å². The summed E-state index contributed by atoms with van der Waals surface area (Å²) < 4.78 is 6.52. The molecule has 0 radical (unpaired) electrons. The van der Waals surface area contributed by atoms with Crippen molar-refractivity contribution in [1.82, 2.24) is 0 Å². The third-order valence-electron chi connectivity index (χ3n) is 9.63. The van der Waals surface area contributed by atoms with Crippen LogP contribution in [0.15, 0.2) is 140 Å². The number of fused-ring (bicyclic) bond motifs is 6. The number of Topliss-reactive ketones (excluding diaryl/α,β-unsaturated/α-hetero) is 1. The Morgan fingerprint density at radius 2 is 1.38 bits per heavy atom. The number of carbonyl (C=O) groups is 3. The van der Waals surface area contributed by atoms with Gasteiger partial charge in [0.15, 0.2) is 11.9 Å². The Morgan fingerprint density at radius 3 is 2.09 bits per heavy atom. The number of amides is 1. The predicted octanol–water partition coefficient (Wildman–Crippen LogP) is 7.65. The van der Waals surface area contributed by atoms with E-state index < -0.39 is 35.5 Å². The van der Waals surface area contributed by atoms with E-state index in [1.165, 1.54) is 0 Å². The molecule has 230 valence electrons. The summed E-state index contributed by atoms with van der Waals surface area (Å²) in [6.07, 6.45) is 3.18. The molecule has 1 spiro atoms. The second-order valence-electron chi connectivity index (χ2n) is 12.1. The average Bonchev–Trinajstić information content (AvgIpc) is 3.60. The fourth-order valence-electron chi connectivity index (χ4n) is 7.66. The van der Waals surface area contributed by atoms with Gasteiger partial charge < -0.3 is 15.0 Å². The molecule has 6 nitrogen and oxygen atoms in total. The number of ketones is 1. The molecular weight excluding hydrogens is 608 g/mol. The molecule has 7 heteroatoms. The van der Waals surface area contributed by atoms with Crippen molar-refractivity contribution in [3.63, 3.8) is 0 Å². The lowest BCUT2D eigenvalue weighted by molar-refractivity contribution is -0.150. The molecule has 0 saturated carbocycles. The van der Waals surface area contributed by atoms with Crippen LogP contribution in [-0.2, 0) is 19.7 Å². The number of ether oxygens (including phenoxy) is 1. The van der Waals surface area contributed by atoms with Gasteiger partial charge in [-0.2, -0.15) is 0 Å². The van der Waals surface area contributed by atoms with E-state index in [9.17, 15) is 9.59 Å². The Kier molecular flexibility index (Phi) is 7.03. The first-order valence-corrected chi connectivity index (χ1v) is 15.9. The summed E-state index contributed by atoms with van der Waals surface area (Å²) in [6.45, 7) is 0. The minimum absolute atomic E-state index is 0.331. The minimum Gasteiger partial charge on any atom is -0.451 e. The second-order valence-corrected chi connectivity index (χ2v) is 12.5. The molecule has 1 amide bonds. The summed E-state index contributed by atoms with van der Waals surface area (Å²) in [5.41, 5.74) is 3.43. The highest BCUT2D eigenvalue weighted by molar-refractivity contribution is 6.30. The number of carbonyl (C=O) groups excluding carboxylic acids is 3. The van der Waals surface area contributed by atoms with E-state index in [0.29, 0.717) is 21.8 Å². The van der Waals surface area contributed by atoms with Crippen LogP contribution in [0.5, 0.6) is 0 Å². The Balaban J connectivity index is 1.35. The molecule has 3 aliphatic heterocycles. The maximum Gasteiger partial charge on any atom is 0.330 e. The van der Waals surface area contributed by atoms with Gasteiger partial charge in [-0.25, -0.2) is 4.79 Å². The van der Waals surface area contributed by atoms with Crippen LogP contribution in [0.4, 0.5) is 11.4 Å². The van der Waals surface area contributed by atoms with Gasteiger partial charge in [-0.15, -0.1) is 0 Å². The lowest BCUT2D eigenvalue weighted by Gasteiger charge is -2.37. The molecule has 0 aliphatic carbocycles. The van der Waals surface area contributed by atoms with Crippen molar-refractivity contribution in [2.45, 2.75) is 23.6 Å². The van der Waals surface area contributed by atoms with Gasteiger partial charge in [0.1, 0.15) is 11.5 Å². The Hall–Kier alpha value is -5.46. The van der Waals surface area contributed by atoms with E-state index in [2.05, 4.69) is 5.32 Å². The van der Waals surface area contributed by atoms with Crippen LogP contribution in [0.25, 0.3) is 6.08 Å². The van der Waals surface area contributed by atoms with Crippen molar-refractivity contribution in [3.05, 3.63) is 172 Å². The monoisotopic (exact) mass is 636 g/mol. The molecule has 0 aromatic heterocycles. The molecule has 1 saturated heterocycles. The first kappa shape index (κ1) is 29.0. The predicted molar refractivity (Wildman–Crippen MR) is 182 cm³/mol. The number of para-hydroxylation sites is 2. The number of esters is 1. The number of nitrogens with one attached hydrogen (secondary N) is 1. The van der Waals surface area contributed by atoms with Crippen molar-refractivity contribution in [3.8, 4) is 0 Å². The van der Waals surface area contributed by atoms with Gasteiger partial charge in [0.25, 0.3) is 0 Å². The molecule has 47 heavy (non-hydrogen) atoms. The average molecular weight is 637 g/mol. The van der Waals surface area contributed by atoms with Crippen molar-refractivity contribution in [2.24, 2.45) is 5.92 Å². The Labute approximate surface area is 277 Å². The molecule has 0 bridgehead atoms. The summed E-state index contributed by atoms with van der Waals surface area (Å²) in [5, 5.41) is 3.54. The largest absolute Gasteiger partial charge is 0.451 e. The maximum absolute atomic E-state index is 15.0. The van der Waals surface area contributed by atoms with E-state index in [1.807, 2.05) is 126 Å². The molecule has 3 heterocycles. The quantitative estimate of drug-likeness (QED) is 0.153. The van der Waals surface area contributed by atoms with E-state index in [1.54, 1.807) is 24.3 Å². The van der Waals surface area contributed by atoms with E-state index in [0.717, 1.165) is 22.4 Å². The second kappa shape index (κ2) is 11.4. The lowest BCUT2D eigenvalue weighted by atomic mass is 9.64. The third kappa shape index (κ3) is 4.51. The molecule has 1 N–H and O–H groups in total. The smallest absolute Gasteiger partial charge is 0.330 e. The molecule has 5 aromatic rings. The van der Waals surface area contributed by atoms with Gasteiger partial charge >= 0.3 is 5.97 Å². The third-order valence-corrected chi connectivity index (χ3v) is 9.89. The Bertz CT molecular complexity index is 2010. The number of hydrogen-bond acceptors (Lipinski definition) is 5. The van der Waals surface area contributed by atoms with Crippen molar-refractivity contribution < 1.29 is 19.1 Å². The minimum atomic E-state index is -1.43. The van der Waals surface area contributed by atoms with Crippen LogP contribution >= 0.6 is 11.6 Å². The fourth-order valence-corrected chi connectivity index (χ4v) is 7.78. The standard InChI is InChI=1S/C40H29ClN2O4/c41-29-22-19-26(20-23-29)36(44)34-35(38(45)47-37(27-12-3-1-4-13-27)28-14-5-2-6-15-28)43-32-18-10-7-11-25(32)21-24-33(43)40(34)30-16-8-9-17-31(30)42-39(40)46/h1-24,33-35,37H,(H,42,46)/t33?,34-,35+,40+/m0/s1. The van der Waals surface area contributed by atoms with Crippen molar-refractivity contribution >= 4 is 46.7 Å². The maximum atomic E-state index is 15.0. The van der Waals surface area contributed by atoms with Crippen LogP contribution in [0.1, 0.15) is 38.7 Å². The van der Waals surface area contributed by atoms with Crippen LogP contribution in [0, 0.1) is 5.92 Å². The molecule has 5 aromatic carbocycles. The zero-order valence-corrected chi connectivity index (χ0v) is 25.9. The van der Waals surface area contributed by atoms with Gasteiger partial charge in [-0.05, 0) is 58.7 Å². The summed E-state index contributed by atoms with van der Waals surface area (Å²) in [6, 6.07) is 39.0. The zero-order chi connectivity index (χ0) is 32.1. The molecule has 3 aliphatic rings. The van der Waals surface area contributed by atoms with E-state index in [-0.39, 0.29) is 11.7 Å². The number of benzene rings is 5. The van der Waals surface area contributed by atoms with E-state index in [4.69, 9.17) is 16.3 Å². The highest BCUT2D eigenvalue weighted by Gasteiger charge is 2.71. The summed E-state index contributed by atoms with van der Waals surface area (Å²) in [4.78, 5) is 46.5. The van der Waals surface area contributed by atoms with Crippen LogP contribution in [-0.4, -0.2) is 29.7 Å². The van der Waals surface area contributed by atoms with Gasteiger partial charge in [0.2, 0.25) is 5.91 Å². The topological polar surface area (TPSA) is 75.7 Å². The van der Waals surface area contributed by atoms with Gasteiger partial charge in [-0.3, -0.25) is 9.59 Å². The van der Waals surface area contributed by atoms with Crippen molar-refractivity contribution in [1.29, 1.82) is 0 Å². The first-order valence-electron chi connectivity index (χ1n) is 15.5. The summed E-state index contributed by atoms with van der Waals surface area (Å²) in [7, 11) is 0. The molecule has 1 fully saturated rings. The Morgan fingerprint density at radius 1 is 0.766 bits per heavy atom. The lowest BCUT2D eigenvalue weighted by Crippen LogP contribution is -2.51. The highest BCUT2D eigenvalue weighted by Crippen LogP contribution is 2.58. The molecule has 8 rings (SSSR count).